The average Bonchev–Trinajstić information content (AvgIpc) is 3.51. The largest absolute Gasteiger partial charge is 0.471 e. The molecule has 3 aromatic heterocycles. The van der Waals surface area contributed by atoms with Crippen molar-refractivity contribution in [3.63, 3.8) is 0 Å². The van der Waals surface area contributed by atoms with Gasteiger partial charge in [0.05, 0.1) is 29.0 Å². The first-order valence-corrected chi connectivity index (χ1v) is 10.2. The van der Waals surface area contributed by atoms with Gasteiger partial charge in [0.15, 0.2) is 5.82 Å². The number of hydrogen-bond donors (Lipinski definition) is 1. The first kappa shape index (κ1) is 22.0. The maximum absolute atomic E-state index is 12.8. The van der Waals surface area contributed by atoms with Gasteiger partial charge in [0, 0.05) is 32.5 Å². The first-order valence-electron chi connectivity index (χ1n) is 9.39. The Labute approximate surface area is 183 Å². The highest BCUT2D eigenvalue weighted by molar-refractivity contribution is 7.17. The number of carbonyl (C=O) groups is 2. The molecule has 4 heterocycles. The molecule has 10 nitrogen and oxygen atoms in total. The van der Waals surface area contributed by atoms with Gasteiger partial charge in [0.2, 0.25) is 5.82 Å². The van der Waals surface area contributed by atoms with Gasteiger partial charge in [-0.3, -0.25) is 9.59 Å². The van der Waals surface area contributed by atoms with Gasteiger partial charge in [-0.25, -0.2) is 4.98 Å². The third kappa shape index (κ3) is 4.50. The summed E-state index contributed by atoms with van der Waals surface area (Å²) in [6.45, 7) is 1.10. The highest BCUT2D eigenvalue weighted by atomic mass is 32.1. The molecule has 3 aromatic rings. The molecule has 1 atom stereocenters. The third-order valence-corrected chi connectivity index (χ3v) is 5.80. The molecule has 1 fully saturated rings. The minimum absolute atomic E-state index is 0.128. The Morgan fingerprint density at radius 1 is 1.34 bits per heavy atom. The second-order valence-electron chi connectivity index (χ2n) is 6.88. The van der Waals surface area contributed by atoms with Gasteiger partial charge in [0.1, 0.15) is 0 Å². The summed E-state index contributed by atoms with van der Waals surface area (Å²) in [5, 5.41) is 6.04. The first-order chi connectivity index (χ1) is 15.2. The van der Waals surface area contributed by atoms with E-state index in [-0.39, 0.29) is 40.5 Å². The van der Waals surface area contributed by atoms with Crippen LogP contribution in [0.3, 0.4) is 0 Å². The van der Waals surface area contributed by atoms with Gasteiger partial charge in [-0.15, -0.1) is 11.3 Å². The van der Waals surface area contributed by atoms with Crippen molar-refractivity contribution in [1.29, 1.82) is 0 Å². The lowest BCUT2D eigenvalue weighted by Gasteiger charge is -2.35. The zero-order chi connectivity index (χ0) is 22.9. The second kappa shape index (κ2) is 8.70. The Morgan fingerprint density at radius 2 is 2.16 bits per heavy atom. The van der Waals surface area contributed by atoms with Crippen molar-refractivity contribution >= 4 is 23.2 Å². The zero-order valence-electron chi connectivity index (χ0n) is 16.6. The number of imidazole rings is 1. The molecule has 1 aliphatic heterocycles. The van der Waals surface area contributed by atoms with Crippen LogP contribution < -0.4 is 5.32 Å². The minimum Gasteiger partial charge on any atom is -0.377 e. The van der Waals surface area contributed by atoms with Crippen LogP contribution in [0.15, 0.2) is 29.0 Å². The van der Waals surface area contributed by atoms with Crippen molar-refractivity contribution in [2.24, 2.45) is 7.05 Å². The fourth-order valence-electron chi connectivity index (χ4n) is 3.11. The Morgan fingerprint density at radius 3 is 2.84 bits per heavy atom. The summed E-state index contributed by atoms with van der Waals surface area (Å²) in [5.74, 6) is -2.15. The number of nitrogens with one attached hydrogen (secondary N) is 1. The Bertz CT molecular complexity index is 1120. The van der Waals surface area contributed by atoms with E-state index in [1.807, 2.05) is 0 Å². The van der Waals surface area contributed by atoms with Crippen molar-refractivity contribution in [2.75, 3.05) is 26.3 Å². The summed E-state index contributed by atoms with van der Waals surface area (Å²) in [4.78, 5) is 34.8. The monoisotopic (exact) mass is 470 g/mol. The predicted molar refractivity (Wildman–Crippen MR) is 104 cm³/mol. The molecule has 0 aromatic carbocycles. The van der Waals surface area contributed by atoms with E-state index in [0.717, 1.165) is 11.3 Å². The van der Waals surface area contributed by atoms with Gasteiger partial charge in [-0.2, -0.15) is 18.2 Å². The molecule has 2 amide bonds. The lowest BCUT2D eigenvalue weighted by atomic mass is 10.2. The zero-order valence-corrected chi connectivity index (χ0v) is 17.4. The molecule has 1 N–H and O–H groups in total. The Kier molecular flexibility index (Phi) is 5.97. The van der Waals surface area contributed by atoms with Crippen molar-refractivity contribution in [2.45, 2.75) is 12.2 Å². The van der Waals surface area contributed by atoms with Crippen LogP contribution >= 0.6 is 11.3 Å². The van der Waals surface area contributed by atoms with Crippen LogP contribution in [0.4, 0.5) is 13.2 Å². The van der Waals surface area contributed by atoms with E-state index in [9.17, 15) is 22.8 Å². The van der Waals surface area contributed by atoms with Gasteiger partial charge in [-0.05, 0) is 12.1 Å². The number of carbonyl (C=O) groups excluding carboxylic acids is 2. The molecular weight excluding hydrogens is 453 g/mol. The number of ether oxygens (including phenoxy) is 1. The molecule has 32 heavy (non-hydrogen) atoms. The van der Waals surface area contributed by atoms with Crippen molar-refractivity contribution in [1.82, 2.24) is 29.9 Å². The smallest absolute Gasteiger partial charge is 0.377 e. The lowest BCUT2D eigenvalue weighted by Crippen LogP contribution is -2.54. The quantitative estimate of drug-likeness (QED) is 0.605. The Hall–Kier alpha value is -3.26. The summed E-state index contributed by atoms with van der Waals surface area (Å²) in [6, 6.07) is 2.49. The molecule has 170 valence electrons. The standard InChI is InChI=1S/C18H17F3N6O4S/c1-26-5-4-22-14(26)16(29)27-6-7-30-9-10(27)8-23-15(28)12-3-2-11(32-12)13-24-17(31-25-13)18(19,20)21/h2-5,10H,6-9H2,1H3,(H,23,28). The fraction of sp³-hybridized carbons (Fsp3) is 0.389. The molecule has 14 heteroatoms. The van der Waals surface area contributed by atoms with Crippen LogP contribution in [-0.2, 0) is 18.0 Å². The third-order valence-electron chi connectivity index (χ3n) is 4.72. The van der Waals surface area contributed by atoms with Gasteiger partial charge < -0.3 is 24.0 Å². The maximum Gasteiger partial charge on any atom is 0.471 e. The topological polar surface area (TPSA) is 115 Å². The van der Waals surface area contributed by atoms with Crippen molar-refractivity contribution in [3.05, 3.63) is 41.1 Å². The molecule has 0 radical (unpaired) electrons. The number of nitrogens with zero attached hydrogens (tertiary/aromatic N) is 5. The summed E-state index contributed by atoms with van der Waals surface area (Å²) in [6.07, 6.45) is -1.55. The van der Waals surface area contributed by atoms with E-state index >= 15 is 0 Å². The van der Waals surface area contributed by atoms with Gasteiger partial charge in [-0.1, -0.05) is 5.16 Å². The summed E-state index contributed by atoms with van der Waals surface area (Å²) in [5.41, 5.74) is 0. The van der Waals surface area contributed by atoms with Crippen LogP contribution in [0, 0.1) is 0 Å². The van der Waals surface area contributed by atoms with E-state index in [2.05, 4.69) is 25.0 Å². The number of thiophene rings is 1. The number of aromatic nitrogens is 4. The molecule has 0 aliphatic carbocycles. The highest BCUT2D eigenvalue weighted by Crippen LogP contribution is 2.31. The van der Waals surface area contributed by atoms with Crippen LogP contribution in [0.5, 0.6) is 0 Å². The molecule has 1 saturated heterocycles. The van der Waals surface area contributed by atoms with Crippen molar-refractivity contribution in [3.8, 4) is 10.7 Å². The van der Waals surface area contributed by atoms with Crippen LogP contribution in [-0.4, -0.2) is 68.8 Å². The lowest BCUT2D eigenvalue weighted by molar-refractivity contribution is -0.159. The SMILES string of the molecule is Cn1ccnc1C(=O)N1CCOCC1CNC(=O)c1ccc(-c2noc(C(F)(F)F)n2)s1. The average molecular weight is 470 g/mol. The van der Waals surface area contributed by atoms with E-state index < -0.39 is 24.0 Å². The highest BCUT2D eigenvalue weighted by Gasteiger charge is 2.38. The molecule has 0 saturated carbocycles. The molecule has 1 aliphatic rings. The number of morpholine rings is 1. The van der Waals surface area contributed by atoms with Crippen LogP contribution in [0.1, 0.15) is 26.2 Å². The van der Waals surface area contributed by atoms with E-state index in [4.69, 9.17) is 4.74 Å². The minimum atomic E-state index is -4.75. The van der Waals surface area contributed by atoms with E-state index in [1.165, 1.54) is 18.3 Å². The second-order valence-corrected chi connectivity index (χ2v) is 7.97. The Balaban J connectivity index is 1.40. The van der Waals surface area contributed by atoms with E-state index in [0.29, 0.717) is 13.2 Å². The predicted octanol–water partition coefficient (Wildman–Crippen LogP) is 1.82. The fourth-order valence-corrected chi connectivity index (χ4v) is 3.96. The van der Waals surface area contributed by atoms with Crippen LogP contribution in [0.2, 0.25) is 0 Å². The summed E-state index contributed by atoms with van der Waals surface area (Å²) >= 11 is 0.922. The van der Waals surface area contributed by atoms with E-state index in [1.54, 1.807) is 22.7 Å². The molecule has 4 rings (SSSR count). The van der Waals surface area contributed by atoms with Crippen molar-refractivity contribution < 1.29 is 32.0 Å². The molecule has 0 spiro atoms. The van der Waals surface area contributed by atoms with Gasteiger partial charge in [0.25, 0.3) is 11.8 Å². The summed E-state index contributed by atoms with van der Waals surface area (Å²) in [7, 11) is 1.72. The number of alkyl halides is 3. The van der Waals surface area contributed by atoms with Gasteiger partial charge >= 0.3 is 12.1 Å². The molecule has 1 unspecified atom stereocenters. The molecule has 0 bridgehead atoms. The maximum atomic E-state index is 12.8. The molecular formula is C18H17F3N6O4S. The number of amides is 2. The number of rotatable bonds is 5. The number of halogens is 3. The summed E-state index contributed by atoms with van der Waals surface area (Å²) < 4.78 is 49.2. The number of aryl methyl sites for hydroxylation is 1. The normalized spacial score (nSPS) is 16.9. The number of hydrogen-bond acceptors (Lipinski definition) is 8. The van der Waals surface area contributed by atoms with Crippen LogP contribution in [0.25, 0.3) is 10.7 Å².